The van der Waals surface area contributed by atoms with Gasteiger partial charge in [0.2, 0.25) is 0 Å². The molecule has 0 spiro atoms. The van der Waals surface area contributed by atoms with Crippen LogP contribution < -0.4 is 10.6 Å². The van der Waals surface area contributed by atoms with Crippen molar-refractivity contribution in [1.82, 2.24) is 15.5 Å². The minimum atomic E-state index is 0.0248. The minimum absolute atomic E-state index is 0.0248. The molecule has 2 aromatic rings. The summed E-state index contributed by atoms with van der Waals surface area (Å²) in [6.45, 7) is 8.66. The molecule has 0 unspecified atom stereocenters. The molecule has 2 N–H and O–H groups in total. The molecule has 0 bridgehead atoms. The van der Waals surface area contributed by atoms with Gasteiger partial charge in [-0.2, -0.15) is 0 Å². The van der Waals surface area contributed by atoms with Crippen LogP contribution in [-0.4, -0.2) is 50.5 Å². The number of aryl methyl sites for hydroxylation is 2. The molecule has 0 aliphatic carbocycles. The number of nitrogens with zero attached hydrogens (tertiary/aromatic N) is 2. The van der Waals surface area contributed by atoms with Gasteiger partial charge in [-0.15, -0.1) is 0 Å². The smallest absolute Gasteiger partial charge is 0.253 e. The van der Waals surface area contributed by atoms with Crippen LogP contribution >= 0.6 is 0 Å². The standard InChI is InChI=1S/C24H34N4O/c1-6-25-24(27-13-11-21-15-18(2)14-19(3)16-21)26-12-10-20-8-7-9-22(17-20)23(29)28(4)5/h7-9,14-17H,6,10-13H2,1-5H3,(H2,25,26,27). The summed E-state index contributed by atoms with van der Waals surface area (Å²) in [5.74, 6) is 0.856. The molecular weight excluding hydrogens is 360 g/mol. The molecule has 0 saturated heterocycles. The third-order valence-corrected chi connectivity index (χ3v) is 4.58. The third-order valence-electron chi connectivity index (χ3n) is 4.58. The summed E-state index contributed by atoms with van der Waals surface area (Å²) < 4.78 is 0. The van der Waals surface area contributed by atoms with Gasteiger partial charge < -0.3 is 15.5 Å². The van der Waals surface area contributed by atoms with Crippen molar-refractivity contribution in [1.29, 1.82) is 0 Å². The zero-order valence-corrected chi connectivity index (χ0v) is 18.4. The first-order valence-corrected chi connectivity index (χ1v) is 10.3. The van der Waals surface area contributed by atoms with Crippen molar-refractivity contribution in [2.45, 2.75) is 33.6 Å². The van der Waals surface area contributed by atoms with Crippen LogP contribution in [0.1, 0.15) is 39.5 Å². The lowest BCUT2D eigenvalue weighted by atomic mass is 10.1. The van der Waals surface area contributed by atoms with E-state index in [0.717, 1.165) is 43.0 Å². The number of carbonyl (C=O) groups excluding carboxylic acids is 1. The third kappa shape index (κ3) is 7.60. The van der Waals surface area contributed by atoms with E-state index >= 15 is 0 Å². The van der Waals surface area contributed by atoms with Crippen LogP contribution in [0.3, 0.4) is 0 Å². The molecule has 5 nitrogen and oxygen atoms in total. The summed E-state index contributed by atoms with van der Waals surface area (Å²) in [4.78, 5) is 18.4. The highest BCUT2D eigenvalue weighted by molar-refractivity contribution is 5.94. The molecule has 0 radical (unpaired) electrons. The maximum absolute atomic E-state index is 12.1. The molecule has 29 heavy (non-hydrogen) atoms. The Kier molecular flexibility index (Phi) is 8.71. The first-order valence-electron chi connectivity index (χ1n) is 10.3. The number of rotatable bonds is 8. The maximum Gasteiger partial charge on any atom is 0.253 e. The van der Waals surface area contributed by atoms with Crippen molar-refractivity contribution < 1.29 is 4.79 Å². The molecule has 0 atom stereocenters. The summed E-state index contributed by atoms with van der Waals surface area (Å²) in [6, 6.07) is 14.5. The van der Waals surface area contributed by atoms with Crippen molar-refractivity contribution in [3.05, 3.63) is 70.3 Å². The van der Waals surface area contributed by atoms with Crippen molar-refractivity contribution in [2.75, 3.05) is 33.7 Å². The van der Waals surface area contributed by atoms with E-state index in [0.29, 0.717) is 6.54 Å². The predicted molar refractivity (Wildman–Crippen MR) is 122 cm³/mol. The highest BCUT2D eigenvalue weighted by Gasteiger charge is 2.08. The Morgan fingerprint density at radius 2 is 1.69 bits per heavy atom. The fourth-order valence-corrected chi connectivity index (χ4v) is 3.30. The average Bonchev–Trinajstić information content (AvgIpc) is 2.67. The molecule has 2 rings (SSSR count). The summed E-state index contributed by atoms with van der Waals surface area (Å²) in [5, 5.41) is 6.72. The number of guanidine groups is 1. The van der Waals surface area contributed by atoms with E-state index in [1.165, 1.54) is 16.7 Å². The highest BCUT2D eigenvalue weighted by atomic mass is 16.2. The Morgan fingerprint density at radius 3 is 2.34 bits per heavy atom. The quantitative estimate of drug-likeness (QED) is 0.533. The second kappa shape index (κ2) is 11.2. The maximum atomic E-state index is 12.1. The van der Waals surface area contributed by atoms with E-state index in [2.05, 4.69) is 54.6 Å². The number of hydrogen-bond acceptors (Lipinski definition) is 2. The van der Waals surface area contributed by atoms with Gasteiger partial charge in [-0.25, -0.2) is 0 Å². The van der Waals surface area contributed by atoms with Gasteiger partial charge in [0.1, 0.15) is 0 Å². The molecule has 0 saturated carbocycles. The summed E-state index contributed by atoms with van der Waals surface area (Å²) >= 11 is 0. The Hall–Kier alpha value is -2.82. The van der Waals surface area contributed by atoms with Gasteiger partial charge in [0.25, 0.3) is 5.91 Å². The van der Waals surface area contributed by atoms with Gasteiger partial charge in [0.05, 0.1) is 0 Å². The number of hydrogen-bond donors (Lipinski definition) is 2. The minimum Gasteiger partial charge on any atom is -0.357 e. The SMILES string of the molecule is CCNC(=NCCc1cccc(C(=O)N(C)C)c1)NCCc1cc(C)cc(C)c1. The van der Waals surface area contributed by atoms with E-state index in [1.54, 1.807) is 19.0 Å². The van der Waals surface area contributed by atoms with Crippen molar-refractivity contribution in [2.24, 2.45) is 4.99 Å². The topological polar surface area (TPSA) is 56.7 Å². The van der Waals surface area contributed by atoms with Crippen LogP contribution in [-0.2, 0) is 12.8 Å². The molecule has 0 aromatic heterocycles. The van der Waals surface area contributed by atoms with Crippen LogP contribution in [0.2, 0.25) is 0 Å². The molecule has 5 heteroatoms. The van der Waals surface area contributed by atoms with Gasteiger partial charge in [0.15, 0.2) is 5.96 Å². The van der Waals surface area contributed by atoms with Gasteiger partial charge in [-0.1, -0.05) is 41.5 Å². The lowest BCUT2D eigenvalue weighted by Gasteiger charge is -2.12. The van der Waals surface area contributed by atoms with Gasteiger partial charge >= 0.3 is 0 Å². The first-order chi connectivity index (χ1) is 13.9. The van der Waals surface area contributed by atoms with E-state index < -0.39 is 0 Å². The first kappa shape index (κ1) is 22.5. The van der Waals surface area contributed by atoms with Gasteiger partial charge in [-0.3, -0.25) is 9.79 Å². The average molecular weight is 395 g/mol. The fraction of sp³-hybridized carbons (Fsp3) is 0.417. The van der Waals surface area contributed by atoms with Crippen LogP contribution in [0.4, 0.5) is 0 Å². The van der Waals surface area contributed by atoms with Crippen molar-refractivity contribution >= 4 is 11.9 Å². The Bertz CT molecular complexity index is 822. The molecule has 0 aliphatic rings. The van der Waals surface area contributed by atoms with Crippen LogP contribution in [0.15, 0.2) is 47.5 Å². The number of aliphatic imine (C=N–C) groups is 1. The normalized spacial score (nSPS) is 11.3. The predicted octanol–water partition coefficient (Wildman–Crippen LogP) is 3.35. The molecular formula is C24H34N4O. The molecule has 0 aliphatic heterocycles. The molecule has 0 fully saturated rings. The molecule has 156 valence electrons. The number of amides is 1. The summed E-state index contributed by atoms with van der Waals surface area (Å²) in [6.07, 6.45) is 1.75. The number of benzene rings is 2. The summed E-state index contributed by atoms with van der Waals surface area (Å²) in [7, 11) is 3.54. The Labute approximate surface area is 175 Å². The molecule has 2 aromatic carbocycles. The fourth-order valence-electron chi connectivity index (χ4n) is 3.30. The molecule has 0 heterocycles. The Balaban J connectivity index is 1.90. The zero-order valence-electron chi connectivity index (χ0n) is 18.4. The monoisotopic (exact) mass is 394 g/mol. The lowest BCUT2D eigenvalue weighted by Crippen LogP contribution is -2.38. The summed E-state index contributed by atoms with van der Waals surface area (Å²) in [5.41, 5.74) is 5.78. The van der Waals surface area contributed by atoms with E-state index in [-0.39, 0.29) is 5.91 Å². The largest absolute Gasteiger partial charge is 0.357 e. The highest BCUT2D eigenvalue weighted by Crippen LogP contribution is 2.09. The Morgan fingerprint density at radius 1 is 0.966 bits per heavy atom. The van der Waals surface area contributed by atoms with E-state index in [4.69, 9.17) is 0 Å². The lowest BCUT2D eigenvalue weighted by molar-refractivity contribution is 0.0827. The van der Waals surface area contributed by atoms with Crippen molar-refractivity contribution in [3.8, 4) is 0 Å². The van der Waals surface area contributed by atoms with Crippen LogP contribution in [0.5, 0.6) is 0 Å². The van der Waals surface area contributed by atoms with Crippen LogP contribution in [0.25, 0.3) is 0 Å². The van der Waals surface area contributed by atoms with Gasteiger partial charge in [-0.05, 0) is 56.9 Å². The van der Waals surface area contributed by atoms with E-state index in [1.807, 2.05) is 24.3 Å². The van der Waals surface area contributed by atoms with Gasteiger partial charge in [0, 0.05) is 39.3 Å². The van der Waals surface area contributed by atoms with Crippen LogP contribution in [0, 0.1) is 13.8 Å². The zero-order chi connectivity index (χ0) is 21.2. The van der Waals surface area contributed by atoms with Crippen molar-refractivity contribution in [3.63, 3.8) is 0 Å². The number of carbonyl (C=O) groups is 1. The second-order valence-electron chi connectivity index (χ2n) is 7.58. The second-order valence-corrected chi connectivity index (χ2v) is 7.58. The molecule has 1 amide bonds. The number of nitrogens with one attached hydrogen (secondary N) is 2. The van der Waals surface area contributed by atoms with E-state index in [9.17, 15) is 4.79 Å².